The number of nitrogens with zero attached hydrogens (tertiary/aromatic N) is 3. The van der Waals surface area contributed by atoms with Crippen LogP contribution in [0.25, 0.3) is 5.65 Å². The quantitative estimate of drug-likeness (QED) is 0.410. The molecule has 0 N–H and O–H groups in total. The highest BCUT2D eigenvalue weighted by Crippen LogP contribution is 1.90. The largest absolute Gasteiger partial charge is 0.307 e. The lowest BCUT2D eigenvalue weighted by Gasteiger charge is -1.81. The Labute approximate surface area is 62.7 Å². The molecule has 0 fully saturated rings. The average molecular weight is 148 g/mol. The molecular formula is C7H6N3O+. The van der Waals surface area contributed by atoms with Crippen molar-refractivity contribution in [3.63, 3.8) is 0 Å². The Hall–Kier alpha value is -1.71. The minimum absolute atomic E-state index is 0.676. The second-order valence-electron chi connectivity index (χ2n) is 2.15. The zero-order valence-electron chi connectivity index (χ0n) is 5.71. The van der Waals surface area contributed by atoms with Gasteiger partial charge in [0.05, 0.1) is 6.20 Å². The summed E-state index contributed by atoms with van der Waals surface area (Å²) in [6, 6.07) is 5.56. The molecular weight excluding hydrogens is 142 g/mol. The van der Waals surface area contributed by atoms with E-state index in [1.807, 2.05) is 24.4 Å². The van der Waals surface area contributed by atoms with Gasteiger partial charge in [-0.25, -0.2) is 4.40 Å². The summed E-state index contributed by atoms with van der Waals surface area (Å²) < 4.78 is 3.05. The van der Waals surface area contributed by atoms with Crippen LogP contribution in [0.5, 0.6) is 0 Å². The fraction of sp³-hybridized carbons (Fsp3) is 0. The summed E-state index contributed by atoms with van der Waals surface area (Å²) in [5.41, 5.74) is 0.766. The van der Waals surface area contributed by atoms with E-state index in [-0.39, 0.29) is 0 Å². The van der Waals surface area contributed by atoms with E-state index in [1.165, 1.54) is 4.68 Å². The van der Waals surface area contributed by atoms with Crippen LogP contribution >= 0.6 is 0 Å². The van der Waals surface area contributed by atoms with Gasteiger partial charge < -0.3 is 0 Å². The summed E-state index contributed by atoms with van der Waals surface area (Å²) in [6.45, 7) is 0. The van der Waals surface area contributed by atoms with Crippen molar-refractivity contribution in [1.82, 2.24) is 9.78 Å². The molecule has 0 aliphatic carbocycles. The first-order chi connectivity index (χ1) is 5.42. The fourth-order valence-corrected chi connectivity index (χ4v) is 0.990. The maximum absolute atomic E-state index is 10.4. The number of fused-ring (bicyclic) bond motifs is 1. The van der Waals surface area contributed by atoms with Crippen molar-refractivity contribution in [2.45, 2.75) is 0 Å². The lowest BCUT2D eigenvalue weighted by atomic mass is 10.5. The molecule has 0 saturated carbocycles. The van der Waals surface area contributed by atoms with Gasteiger partial charge in [-0.3, -0.25) is 4.79 Å². The van der Waals surface area contributed by atoms with Gasteiger partial charge in [0, 0.05) is 11.2 Å². The van der Waals surface area contributed by atoms with Crippen LogP contribution in [0.4, 0.5) is 0 Å². The van der Waals surface area contributed by atoms with Gasteiger partial charge in [0.25, 0.3) is 12.0 Å². The molecule has 0 spiro atoms. The molecule has 0 aliphatic heterocycles. The predicted octanol–water partition coefficient (Wildman–Crippen LogP) is -0.340. The van der Waals surface area contributed by atoms with E-state index in [0.717, 1.165) is 5.65 Å². The standard InChI is InChI=1S/C7H6N3O/c11-6-10-7-3-1-2-4-9(7)5-8-10/h1-6H/q+1. The summed E-state index contributed by atoms with van der Waals surface area (Å²) in [7, 11) is 0. The number of aromatic nitrogens is 3. The molecule has 0 bridgehead atoms. The van der Waals surface area contributed by atoms with Crippen molar-refractivity contribution in [1.29, 1.82) is 0 Å². The van der Waals surface area contributed by atoms with Gasteiger partial charge in [0.2, 0.25) is 0 Å². The Morgan fingerprint density at radius 1 is 1.55 bits per heavy atom. The lowest BCUT2D eigenvalue weighted by molar-refractivity contribution is -0.512. The van der Waals surface area contributed by atoms with Crippen LogP contribution in [0.15, 0.2) is 30.7 Å². The molecule has 0 unspecified atom stereocenters. The number of hydrogen-bond donors (Lipinski definition) is 0. The van der Waals surface area contributed by atoms with E-state index >= 15 is 0 Å². The van der Waals surface area contributed by atoms with E-state index in [9.17, 15) is 4.79 Å². The second kappa shape index (κ2) is 2.16. The van der Waals surface area contributed by atoms with Crippen molar-refractivity contribution in [3.05, 3.63) is 30.7 Å². The zero-order chi connectivity index (χ0) is 7.68. The molecule has 11 heavy (non-hydrogen) atoms. The molecule has 4 nitrogen and oxygen atoms in total. The zero-order valence-corrected chi connectivity index (χ0v) is 5.71. The van der Waals surface area contributed by atoms with Crippen LogP contribution in [0.1, 0.15) is 0 Å². The first-order valence-electron chi connectivity index (χ1n) is 3.20. The topological polar surface area (TPSA) is 39.0 Å². The Balaban J connectivity index is 2.86. The molecule has 0 atom stereocenters. The van der Waals surface area contributed by atoms with E-state index in [0.29, 0.717) is 6.41 Å². The average Bonchev–Trinajstić information content (AvgIpc) is 2.47. The maximum Gasteiger partial charge on any atom is 0.307 e. The number of carbonyl (C=O) groups is 1. The third-order valence-corrected chi connectivity index (χ3v) is 1.50. The van der Waals surface area contributed by atoms with Gasteiger partial charge in [-0.2, -0.15) is 0 Å². The van der Waals surface area contributed by atoms with Crippen LogP contribution in [0.3, 0.4) is 0 Å². The molecule has 54 valence electrons. The Bertz CT molecular complexity index is 393. The van der Waals surface area contributed by atoms with Gasteiger partial charge in [-0.1, -0.05) is 6.07 Å². The van der Waals surface area contributed by atoms with E-state index in [2.05, 4.69) is 5.10 Å². The summed E-state index contributed by atoms with van der Waals surface area (Å²) >= 11 is 0. The smallest absolute Gasteiger partial charge is 0.256 e. The molecule has 2 aromatic heterocycles. The highest BCUT2D eigenvalue weighted by molar-refractivity contribution is 5.57. The van der Waals surface area contributed by atoms with Gasteiger partial charge in [-0.05, 0) is 10.7 Å². The number of rotatable bonds is 1. The highest BCUT2D eigenvalue weighted by Gasteiger charge is 2.06. The van der Waals surface area contributed by atoms with E-state index in [4.69, 9.17) is 0 Å². The van der Waals surface area contributed by atoms with Gasteiger partial charge in [0.15, 0.2) is 0 Å². The minimum atomic E-state index is 0.676. The van der Waals surface area contributed by atoms with Crippen molar-refractivity contribution < 1.29 is 9.20 Å². The number of carbonyl (C=O) groups excluding carboxylic acids is 1. The number of hydrogen-bond acceptors (Lipinski definition) is 2. The minimum Gasteiger partial charge on any atom is -0.256 e. The van der Waals surface area contributed by atoms with Crippen LogP contribution in [0.2, 0.25) is 0 Å². The molecule has 0 aliphatic rings. The highest BCUT2D eigenvalue weighted by atomic mass is 16.1. The van der Waals surface area contributed by atoms with Gasteiger partial charge in [-0.15, -0.1) is 0 Å². The van der Waals surface area contributed by atoms with Crippen LogP contribution < -0.4 is 4.40 Å². The molecule has 4 heteroatoms. The van der Waals surface area contributed by atoms with Crippen LogP contribution in [-0.4, -0.2) is 16.2 Å². The molecule has 0 saturated heterocycles. The van der Waals surface area contributed by atoms with Crippen molar-refractivity contribution in [2.75, 3.05) is 0 Å². The van der Waals surface area contributed by atoms with E-state index in [1.54, 1.807) is 10.7 Å². The van der Waals surface area contributed by atoms with Crippen molar-refractivity contribution in [2.24, 2.45) is 0 Å². The first-order valence-corrected chi connectivity index (χ1v) is 3.20. The Morgan fingerprint density at radius 2 is 2.45 bits per heavy atom. The Kier molecular flexibility index (Phi) is 1.18. The molecule has 0 amide bonds. The SMILES string of the molecule is O=Cn1nc[n+]2ccccc12. The monoisotopic (exact) mass is 148 g/mol. The molecule has 0 radical (unpaired) electrons. The second-order valence-corrected chi connectivity index (χ2v) is 2.15. The van der Waals surface area contributed by atoms with Gasteiger partial charge in [0.1, 0.15) is 0 Å². The van der Waals surface area contributed by atoms with Crippen molar-refractivity contribution in [3.8, 4) is 0 Å². The Morgan fingerprint density at radius 3 is 3.27 bits per heavy atom. The fourth-order valence-electron chi connectivity index (χ4n) is 0.990. The number of pyridine rings is 1. The molecule has 2 aromatic rings. The summed E-state index contributed by atoms with van der Waals surface area (Å²) in [5, 5.41) is 3.83. The normalized spacial score (nSPS) is 10.2. The first kappa shape index (κ1) is 6.03. The molecule has 2 rings (SSSR count). The lowest BCUT2D eigenvalue weighted by Crippen LogP contribution is -2.17. The summed E-state index contributed by atoms with van der Waals surface area (Å²) in [5.74, 6) is 0. The van der Waals surface area contributed by atoms with Gasteiger partial charge >= 0.3 is 6.41 Å². The van der Waals surface area contributed by atoms with Crippen LogP contribution in [0, 0.1) is 0 Å². The summed E-state index contributed by atoms with van der Waals surface area (Å²) in [6.07, 6.45) is 4.10. The van der Waals surface area contributed by atoms with Crippen molar-refractivity contribution >= 4 is 12.1 Å². The van der Waals surface area contributed by atoms with E-state index < -0.39 is 0 Å². The third kappa shape index (κ3) is 0.797. The maximum atomic E-state index is 10.4. The molecule has 2 heterocycles. The molecule has 0 aromatic carbocycles. The van der Waals surface area contributed by atoms with Crippen LogP contribution in [-0.2, 0) is 4.79 Å². The summed E-state index contributed by atoms with van der Waals surface area (Å²) in [4.78, 5) is 10.4. The third-order valence-electron chi connectivity index (χ3n) is 1.50. The predicted molar refractivity (Wildman–Crippen MR) is 37.5 cm³/mol.